The van der Waals surface area contributed by atoms with Gasteiger partial charge in [0.05, 0.1) is 12.0 Å². The van der Waals surface area contributed by atoms with E-state index in [0.29, 0.717) is 23.6 Å². The number of rotatable bonds is 9. The average molecular weight is 560 g/mol. The first-order valence-electron chi connectivity index (χ1n) is 13.8. The minimum Gasteiger partial charge on any atom is -0.478 e. The lowest BCUT2D eigenvalue weighted by Crippen LogP contribution is -2.32. The number of hydrogen-bond donors (Lipinski definition) is 3. The Morgan fingerprint density at radius 2 is 1.63 bits per heavy atom. The molecule has 8 heteroatoms. The predicted molar refractivity (Wildman–Crippen MR) is 161 cm³/mol. The number of benzene rings is 2. The van der Waals surface area contributed by atoms with E-state index in [2.05, 4.69) is 24.5 Å². The van der Waals surface area contributed by atoms with Crippen LogP contribution in [0.5, 0.6) is 0 Å². The summed E-state index contributed by atoms with van der Waals surface area (Å²) in [6.45, 7) is 15.5. The molecule has 0 unspecified atom stereocenters. The van der Waals surface area contributed by atoms with Crippen molar-refractivity contribution in [3.8, 4) is 11.1 Å². The van der Waals surface area contributed by atoms with Crippen LogP contribution in [0.3, 0.4) is 0 Å². The van der Waals surface area contributed by atoms with E-state index < -0.39 is 17.7 Å². The molecule has 3 aromatic rings. The molecule has 0 saturated heterocycles. The van der Waals surface area contributed by atoms with Crippen molar-refractivity contribution >= 4 is 23.7 Å². The summed E-state index contributed by atoms with van der Waals surface area (Å²) in [5.74, 6) is -0.952. The summed E-state index contributed by atoms with van der Waals surface area (Å²) in [7, 11) is 0. The first kappa shape index (κ1) is 31.3. The minimum absolute atomic E-state index is 0.0448. The van der Waals surface area contributed by atoms with Gasteiger partial charge in [0.15, 0.2) is 0 Å². The molecule has 2 amide bonds. The first-order valence-corrected chi connectivity index (χ1v) is 13.8. The van der Waals surface area contributed by atoms with Crippen molar-refractivity contribution in [3.63, 3.8) is 0 Å². The highest BCUT2D eigenvalue weighted by molar-refractivity contribution is 5.95. The van der Waals surface area contributed by atoms with Crippen LogP contribution in [0.4, 0.5) is 10.5 Å². The third kappa shape index (κ3) is 8.64. The van der Waals surface area contributed by atoms with Crippen LogP contribution in [0.2, 0.25) is 0 Å². The molecule has 8 nitrogen and oxygen atoms in total. The standard InChI is InChI=1S/C33H41N3O5/c1-19(2)15-28-27(18-34-32(40)41-33(6,7)8)30(23-11-9-20(3)10-12-23)26(22(5)35-28)17-29(37)36-24-13-14-25(31(38)39)21(4)16-24/h9-14,16,19H,15,17-18H2,1-8H3,(H,34,40)(H,36,37)(H,38,39). The van der Waals surface area contributed by atoms with Crippen molar-refractivity contribution in [1.29, 1.82) is 0 Å². The maximum atomic E-state index is 13.4. The number of nitrogens with one attached hydrogen (secondary N) is 2. The third-order valence-corrected chi connectivity index (χ3v) is 6.52. The number of carbonyl (C=O) groups excluding carboxylic acids is 2. The van der Waals surface area contributed by atoms with Crippen molar-refractivity contribution in [2.75, 3.05) is 5.32 Å². The monoisotopic (exact) mass is 559 g/mol. The van der Waals surface area contributed by atoms with Crippen LogP contribution >= 0.6 is 0 Å². The number of pyridine rings is 1. The number of aryl methyl sites for hydroxylation is 3. The van der Waals surface area contributed by atoms with E-state index >= 15 is 0 Å². The summed E-state index contributed by atoms with van der Waals surface area (Å²) in [4.78, 5) is 42.3. The quantitative estimate of drug-likeness (QED) is 0.266. The van der Waals surface area contributed by atoms with Gasteiger partial charge in [-0.2, -0.15) is 0 Å². The van der Waals surface area contributed by atoms with Gasteiger partial charge >= 0.3 is 12.1 Å². The lowest BCUT2D eigenvalue weighted by Gasteiger charge is -2.23. The molecule has 1 aromatic heterocycles. The fraction of sp³-hybridized carbons (Fsp3) is 0.394. The van der Waals surface area contributed by atoms with Gasteiger partial charge in [0.25, 0.3) is 0 Å². The Morgan fingerprint density at radius 3 is 2.20 bits per heavy atom. The number of aromatic carboxylic acids is 1. The summed E-state index contributed by atoms with van der Waals surface area (Å²) in [6.07, 6.45) is 0.221. The summed E-state index contributed by atoms with van der Waals surface area (Å²) in [6, 6.07) is 12.8. The molecule has 3 N–H and O–H groups in total. The van der Waals surface area contributed by atoms with Gasteiger partial charge in [-0.25, -0.2) is 9.59 Å². The summed E-state index contributed by atoms with van der Waals surface area (Å²) in [5.41, 5.74) is 6.75. The summed E-state index contributed by atoms with van der Waals surface area (Å²) < 4.78 is 5.49. The fourth-order valence-electron chi connectivity index (χ4n) is 4.70. The Hall–Kier alpha value is -4.20. The number of carboxylic acids is 1. The van der Waals surface area contributed by atoms with Gasteiger partial charge in [-0.1, -0.05) is 43.7 Å². The van der Waals surface area contributed by atoms with Gasteiger partial charge in [-0.15, -0.1) is 0 Å². The van der Waals surface area contributed by atoms with Crippen LogP contribution in [0, 0.1) is 26.7 Å². The predicted octanol–water partition coefficient (Wildman–Crippen LogP) is 6.78. The van der Waals surface area contributed by atoms with E-state index in [9.17, 15) is 19.5 Å². The van der Waals surface area contributed by atoms with Crippen molar-refractivity contribution in [1.82, 2.24) is 10.3 Å². The van der Waals surface area contributed by atoms with E-state index in [1.807, 2.05) is 58.9 Å². The van der Waals surface area contributed by atoms with Crippen molar-refractivity contribution in [2.45, 2.75) is 80.4 Å². The number of nitrogens with zero attached hydrogens (tertiary/aromatic N) is 1. The zero-order chi connectivity index (χ0) is 30.5. The van der Waals surface area contributed by atoms with Crippen LogP contribution in [-0.4, -0.2) is 33.7 Å². The number of hydrogen-bond acceptors (Lipinski definition) is 5. The maximum Gasteiger partial charge on any atom is 0.407 e. The Labute approximate surface area is 242 Å². The molecule has 0 aliphatic heterocycles. The fourth-order valence-corrected chi connectivity index (χ4v) is 4.70. The van der Waals surface area contributed by atoms with Gasteiger partial charge in [0.2, 0.25) is 5.91 Å². The number of carboxylic acid groups (broad SMARTS) is 1. The van der Waals surface area contributed by atoms with E-state index in [1.54, 1.807) is 19.1 Å². The van der Waals surface area contributed by atoms with Crippen LogP contribution in [0.1, 0.15) is 78.6 Å². The molecule has 1 heterocycles. The van der Waals surface area contributed by atoms with Crippen LogP contribution in [-0.2, 0) is 28.9 Å². The van der Waals surface area contributed by atoms with Crippen molar-refractivity contribution in [2.24, 2.45) is 5.92 Å². The Bertz CT molecular complexity index is 1440. The molecule has 2 aromatic carbocycles. The minimum atomic E-state index is -1.01. The molecule has 218 valence electrons. The lowest BCUT2D eigenvalue weighted by atomic mass is 9.88. The number of carbonyl (C=O) groups is 3. The molecule has 3 rings (SSSR count). The molecular formula is C33H41N3O5. The number of amides is 2. The second-order valence-electron chi connectivity index (χ2n) is 11.9. The number of alkyl carbamates (subject to hydrolysis) is 1. The van der Waals surface area contributed by atoms with E-state index in [0.717, 1.165) is 39.2 Å². The van der Waals surface area contributed by atoms with Gasteiger partial charge in [0.1, 0.15) is 5.60 Å². The highest BCUT2D eigenvalue weighted by atomic mass is 16.6. The molecule has 0 atom stereocenters. The highest BCUT2D eigenvalue weighted by Crippen LogP contribution is 2.33. The lowest BCUT2D eigenvalue weighted by molar-refractivity contribution is -0.115. The molecule has 0 saturated carbocycles. The van der Waals surface area contributed by atoms with Crippen LogP contribution in [0.15, 0.2) is 42.5 Å². The second kappa shape index (κ2) is 13.0. The smallest absolute Gasteiger partial charge is 0.407 e. The molecule has 41 heavy (non-hydrogen) atoms. The third-order valence-electron chi connectivity index (χ3n) is 6.52. The Morgan fingerprint density at radius 1 is 0.976 bits per heavy atom. The van der Waals surface area contributed by atoms with Gasteiger partial charge in [-0.3, -0.25) is 9.78 Å². The first-order chi connectivity index (χ1) is 19.1. The summed E-state index contributed by atoms with van der Waals surface area (Å²) >= 11 is 0. The van der Waals surface area contributed by atoms with Gasteiger partial charge in [-0.05, 0) is 94.3 Å². The number of anilines is 1. The Kier molecular flexibility index (Phi) is 9.92. The van der Waals surface area contributed by atoms with Gasteiger partial charge < -0.3 is 20.5 Å². The molecule has 0 spiro atoms. The van der Waals surface area contributed by atoms with E-state index in [1.165, 1.54) is 6.07 Å². The topological polar surface area (TPSA) is 118 Å². The zero-order valence-corrected chi connectivity index (χ0v) is 25.3. The van der Waals surface area contributed by atoms with Gasteiger partial charge in [0, 0.05) is 29.2 Å². The maximum absolute atomic E-state index is 13.4. The average Bonchev–Trinajstić information content (AvgIpc) is 2.83. The van der Waals surface area contributed by atoms with E-state index in [-0.39, 0.29) is 24.4 Å². The SMILES string of the molecule is Cc1ccc(-c2c(CC(=O)Nc3ccc(C(=O)O)c(C)c3)c(C)nc(CC(C)C)c2CNC(=O)OC(C)(C)C)cc1. The summed E-state index contributed by atoms with van der Waals surface area (Å²) in [5, 5.41) is 15.1. The molecule has 0 aliphatic rings. The normalized spacial score (nSPS) is 11.3. The number of ether oxygens (including phenoxy) is 1. The van der Waals surface area contributed by atoms with Crippen molar-refractivity contribution in [3.05, 3.63) is 81.7 Å². The van der Waals surface area contributed by atoms with Crippen molar-refractivity contribution < 1.29 is 24.2 Å². The van der Waals surface area contributed by atoms with E-state index in [4.69, 9.17) is 9.72 Å². The second-order valence-corrected chi connectivity index (χ2v) is 11.9. The highest BCUT2D eigenvalue weighted by Gasteiger charge is 2.23. The molecular weight excluding hydrogens is 518 g/mol. The van der Waals surface area contributed by atoms with Crippen LogP contribution < -0.4 is 10.6 Å². The largest absolute Gasteiger partial charge is 0.478 e. The Balaban J connectivity index is 2.07. The molecule has 0 radical (unpaired) electrons. The zero-order valence-electron chi connectivity index (χ0n) is 25.3. The molecule has 0 bridgehead atoms. The molecule has 0 fully saturated rings. The molecule has 0 aliphatic carbocycles. The van der Waals surface area contributed by atoms with Crippen LogP contribution in [0.25, 0.3) is 11.1 Å². The number of aromatic nitrogens is 1.